The zero-order chi connectivity index (χ0) is 97.0. The van der Waals surface area contributed by atoms with Gasteiger partial charge >= 0.3 is 65.7 Å². The highest BCUT2D eigenvalue weighted by molar-refractivity contribution is 6.02. The topological polar surface area (TPSA) is 763 Å². The van der Waals surface area contributed by atoms with Crippen molar-refractivity contribution < 1.29 is 217 Å². The molecule has 0 spiro atoms. The van der Waals surface area contributed by atoms with Crippen LogP contribution in [-0.2, 0) is 12.8 Å². The van der Waals surface area contributed by atoms with E-state index in [-0.39, 0.29) is 5.69 Å². The van der Waals surface area contributed by atoms with Crippen LogP contribution in [0.2, 0.25) is 0 Å². The van der Waals surface area contributed by atoms with Crippen LogP contribution >= 0.6 is 0 Å². The Kier molecular flexibility index (Phi) is 25.2. The van der Waals surface area contributed by atoms with Crippen LogP contribution in [0, 0.1) is 0 Å². The first kappa shape index (κ1) is 91.3. The zero-order valence-corrected chi connectivity index (χ0v) is 66.4. The number of nitrogens with zero attached hydrogens (tertiary/aromatic N) is 1. The van der Waals surface area contributed by atoms with Gasteiger partial charge in [0.15, 0.2) is 126 Å². The van der Waals surface area contributed by atoms with Crippen molar-refractivity contribution in [1.29, 1.82) is 0 Å². The number of rotatable bonds is 25. The zero-order valence-electron chi connectivity index (χ0n) is 66.4. The minimum atomic E-state index is -1.65. The molecular formula is C88H56N2O44. The van der Waals surface area contributed by atoms with Crippen molar-refractivity contribution >= 4 is 65.7 Å². The van der Waals surface area contributed by atoms with E-state index in [9.17, 15) is 165 Å². The maximum absolute atomic E-state index is 14.2. The Labute approximate surface area is 741 Å². The van der Waals surface area contributed by atoms with Crippen LogP contribution in [0.25, 0.3) is 0 Å². The van der Waals surface area contributed by atoms with E-state index in [1.807, 2.05) is 12.1 Å². The molecule has 0 aliphatic heterocycles. The molecule has 46 heteroatoms. The third-order valence-electron chi connectivity index (χ3n) is 18.4. The molecule has 682 valence electrons. The Balaban J connectivity index is 0.703. The minimum Gasteiger partial charge on any atom is -0.504 e. The van der Waals surface area contributed by atoms with Gasteiger partial charge in [-0.3, -0.25) is 5.10 Å². The predicted octanol–water partition coefficient (Wildman–Crippen LogP) is 9.13. The normalized spacial score (nSPS) is 10.8. The van der Waals surface area contributed by atoms with Crippen molar-refractivity contribution in [3.05, 3.63) is 249 Å². The number of phenolic OH excluding ortho intramolecular Hbond substituents is 22. The number of ether oxygens (including phenoxy) is 11. The maximum Gasteiger partial charge on any atom is 0.361 e. The minimum absolute atomic E-state index is 0.263. The Hall–Kier alpha value is -20.4. The summed E-state index contributed by atoms with van der Waals surface area (Å²) in [5.74, 6) is -52.8. The van der Waals surface area contributed by atoms with Crippen LogP contribution in [-0.4, -0.2) is 188 Å². The van der Waals surface area contributed by atoms with E-state index in [1.165, 1.54) is 6.07 Å². The molecule has 0 saturated heterocycles. The number of hydrogen-bond acceptors (Lipinski definition) is 45. The molecule has 0 atom stereocenters. The van der Waals surface area contributed by atoms with E-state index in [4.69, 9.17) is 52.1 Å². The summed E-state index contributed by atoms with van der Waals surface area (Å²) in [6, 6.07) is 24.3. The van der Waals surface area contributed by atoms with Gasteiger partial charge in [0.05, 0.1) is 61.3 Å². The number of hydrogen-bond donors (Lipinski definition) is 23. The van der Waals surface area contributed by atoms with Crippen LogP contribution in [0.5, 0.6) is 190 Å². The molecule has 46 nitrogen and oxygen atoms in total. The first-order chi connectivity index (χ1) is 63.4. The number of aromatic amines is 1. The summed E-state index contributed by atoms with van der Waals surface area (Å²) in [4.78, 5) is 150. The molecule has 12 aromatic carbocycles. The van der Waals surface area contributed by atoms with Gasteiger partial charge in [-0.2, -0.15) is 5.10 Å². The van der Waals surface area contributed by atoms with Gasteiger partial charge in [0.2, 0.25) is 46.0 Å². The van der Waals surface area contributed by atoms with Gasteiger partial charge in [-0.15, -0.1) is 0 Å². The third-order valence-corrected chi connectivity index (χ3v) is 18.4. The summed E-state index contributed by atoms with van der Waals surface area (Å²) in [5, 5.41) is 236. The lowest BCUT2D eigenvalue weighted by molar-refractivity contribution is 0.0697. The third kappa shape index (κ3) is 20.0. The Bertz CT molecular complexity index is 6720. The quantitative estimate of drug-likeness (QED) is 0.0144. The second-order valence-electron chi connectivity index (χ2n) is 27.6. The van der Waals surface area contributed by atoms with E-state index in [1.54, 1.807) is 18.2 Å². The number of carbonyl (C=O) groups excluding carboxylic acids is 11. The molecule has 0 fully saturated rings. The van der Waals surface area contributed by atoms with Crippen molar-refractivity contribution in [2.45, 2.75) is 12.8 Å². The van der Waals surface area contributed by atoms with Crippen LogP contribution < -0.4 is 52.1 Å². The van der Waals surface area contributed by atoms with Crippen molar-refractivity contribution in [1.82, 2.24) is 10.2 Å². The summed E-state index contributed by atoms with van der Waals surface area (Å²) in [7, 11) is 0. The molecule has 13 rings (SSSR count). The molecule has 1 aromatic heterocycles. The fourth-order valence-electron chi connectivity index (χ4n) is 11.8. The fourth-order valence-corrected chi connectivity index (χ4v) is 11.8. The molecule has 0 radical (unpaired) electrons. The van der Waals surface area contributed by atoms with E-state index in [0.29, 0.717) is 140 Å². The van der Waals surface area contributed by atoms with Crippen LogP contribution in [0.1, 0.15) is 125 Å². The number of aromatic nitrogens is 2. The number of aromatic hydroxyl groups is 22. The molecule has 0 aliphatic carbocycles. The number of nitrogens with one attached hydrogen (secondary N) is 1. The number of carbonyl (C=O) groups is 11. The van der Waals surface area contributed by atoms with Gasteiger partial charge in [-0.1, -0.05) is 30.3 Å². The molecule has 0 amide bonds. The summed E-state index contributed by atoms with van der Waals surface area (Å²) >= 11 is 0. The summed E-state index contributed by atoms with van der Waals surface area (Å²) in [6.07, 6.45) is 0.779. The fraction of sp³-hybridized carbons (Fsp3) is 0.0227. The van der Waals surface area contributed by atoms with Crippen LogP contribution in [0.4, 0.5) is 0 Å². The van der Waals surface area contributed by atoms with Gasteiger partial charge in [0.1, 0.15) is 22.9 Å². The molecule has 0 saturated carbocycles. The van der Waals surface area contributed by atoms with Gasteiger partial charge in [-0.05, 0) is 146 Å². The average molecular weight is 1850 g/mol. The summed E-state index contributed by atoms with van der Waals surface area (Å²) < 4.78 is 57.6. The Morgan fingerprint density at radius 1 is 0.201 bits per heavy atom. The van der Waals surface area contributed by atoms with Gasteiger partial charge in [-0.25, -0.2) is 52.7 Å². The highest BCUT2D eigenvalue weighted by Crippen LogP contribution is 2.48. The van der Waals surface area contributed by atoms with Crippen molar-refractivity contribution in [3.63, 3.8) is 0 Å². The van der Waals surface area contributed by atoms with E-state index >= 15 is 0 Å². The molecule has 13 aromatic rings. The lowest BCUT2D eigenvalue weighted by Crippen LogP contribution is -2.14. The van der Waals surface area contributed by atoms with Gasteiger partial charge in [0, 0.05) is 18.2 Å². The van der Waals surface area contributed by atoms with Crippen molar-refractivity contribution in [3.8, 4) is 190 Å². The highest BCUT2D eigenvalue weighted by Gasteiger charge is 2.33. The predicted molar refractivity (Wildman–Crippen MR) is 434 cm³/mol. The smallest absolute Gasteiger partial charge is 0.361 e. The van der Waals surface area contributed by atoms with Crippen LogP contribution in [0.3, 0.4) is 0 Å². The first-order valence-corrected chi connectivity index (χ1v) is 37.1. The molecule has 0 aliphatic rings. The first-order valence-electron chi connectivity index (χ1n) is 37.1. The summed E-state index contributed by atoms with van der Waals surface area (Å²) in [5.41, 5.74) is -6.83. The van der Waals surface area contributed by atoms with E-state index in [0.717, 1.165) is 23.8 Å². The Morgan fingerprint density at radius 2 is 0.381 bits per heavy atom. The standard InChI is InChI=1S/C88H56N2O44/c91-48-8-33(9-49(92)68(48)103)80(115)127-62-22-37(14-54(97)72(62)107)84(119)131-66-26-41(18-58(101)76(66)111)86(121)133-64-24-39(16-56(99)74(64)109)82(117)129-60-20-35(12-52(95)70(60)105)78(113)124-44-29-45(31-46(30-44)126-88(123)47-28-43(89-90-47)7-6-32-4-2-1-3-5-32)125-79(114)36-13-53(96)71(106)61(21-36)130-83(118)40-17-57(100)75(110)65(25-40)134-87(122)42-19-59(102)77(112)67(27-42)132-85(120)38-15-55(98)73(108)63(23-38)128-81(116)34-10-50(93)69(104)51(94)11-34/h1-5,8-31,91-112H,6-7H2,(H,89,90). The monoisotopic (exact) mass is 1840 g/mol. The number of aryl methyl sites for hydroxylation is 2. The largest absolute Gasteiger partial charge is 0.504 e. The Morgan fingerprint density at radius 3 is 0.590 bits per heavy atom. The molecule has 23 N–H and O–H groups in total. The molecule has 0 unspecified atom stereocenters. The molecule has 1 heterocycles. The molecule has 0 bridgehead atoms. The van der Waals surface area contributed by atoms with Crippen molar-refractivity contribution in [2.75, 3.05) is 0 Å². The average Bonchev–Trinajstić information content (AvgIpc) is 0.889. The number of benzene rings is 12. The second kappa shape index (κ2) is 37.0. The van der Waals surface area contributed by atoms with E-state index in [2.05, 4.69) is 10.2 Å². The maximum atomic E-state index is 14.2. The van der Waals surface area contributed by atoms with Crippen LogP contribution in [0.15, 0.2) is 176 Å². The molecule has 134 heavy (non-hydrogen) atoms. The number of phenols is 22. The van der Waals surface area contributed by atoms with Crippen molar-refractivity contribution in [2.24, 2.45) is 0 Å². The highest BCUT2D eigenvalue weighted by atomic mass is 16.6. The van der Waals surface area contributed by atoms with E-state index < -0.39 is 311 Å². The second-order valence-corrected chi connectivity index (χ2v) is 27.6. The molecular weight excluding hydrogens is 1790 g/mol. The summed E-state index contributed by atoms with van der Waals surface area (Å²) in [6.45, 7) is 0. The lowest BCUT2D eigenvalue weighted by Gasteiger charge is -2.14. The van der Waals surface area contributed by atoms with Gasteiger partial charge < -0.3 is 164 Å². The lowest BCUT2D eigenvalue weighted by atomic mass is 10.1. The van der Waals surface area contributed by atoms with Gasteiger partial charge in [0.25, 0.3) is 0 Å². The SMILES string of the molecule is O=C(Oc1cc(OC(=O)c2cc(O)c(O)c(OC(=O)c3cc(O)c(O)c(OC(=O)c4cc(O)c(O)c(OC(=O)c5cc(O)c(O)c(OC(=O)c6cc(O)c(O)c(O)c6)c5)c4)c3)c2)cc(OC(=O)c2cc(CCc3ccccc3)n[nH]2)c1)c1cc(O)c(O)c(OC(=O)c2cc(O)c(O)c(OC(=O)c3cc(O)c(O)c(OC(=O)c4cc(O)c(O)c(OC(=O)c5cc(O)c(O)c(O)c5)c4)c3)c2)c1. The number of esters is 11. The number of H-pyrrole nitrogens is 1.